The van der Waals surface area contributed by atoms with Crippen LogP contribution in [0.2, 0.25) is 0 Å². The van der Waals surface area contributed by atoms with Crippen molar-refractivity contribution in [2.24, 2.45) is 0 Å². The number of carbonyl (C=O) groups is 1. The zero-order valence-corrected chi connectivity index (χ0v) is 12.8. The number of carbonyl (C=O) groups excluding carboxylic acids is 1. The second-order valence-electron chi connectivity index (χ2n) is 4.99. The molecule has 1 aliphatic rings. The highest BCUT2D eigenvalue weighted by Gasteiger charge is 2.24. The number of benzene rings is 1. The molecular formula is C15H14N2O4S. The first kappa shape index (κ1) is 14.5. The van der Waals surface area contributed by atoms with E-state index < -0.39 is 10.9 Å². The summed E-state index contributed by atoms with van der Waals surface area (Å²) >= 11 is 1.75. The van der Waals surface area contributed by atoms with E-state index in [9.17, 15) is 14.9 Å². The van der Waals surface area contributed by atoms with Crippen molar-refractivity contribution in [3.05, 3.63) is 55.8 Å². The van der Waals surface area contributed by atoms with E-state index in [-0.39, 0.29) is 11.3 Å². The summed E-state index contributed by atoms with van der Waals surface area (Å²) in [5.74, 6) is -0.693. The van der Waals surface area contributed by atoms with Crippen molar-refractivity contribution in [3.63, 3.8) is 0 Å². The van der Waals surface area contributed by atoms with Crippen molar-refractivity contribution >= 4 is 28.7 Å². The zero-order valence-electron chi connectivity index (χ0n) is 11.9. The monoisotopic (exact) mass is 318 g/mol. The van der Waals surface area contributed by atoms with E-state index >= 15 is 0 Å². The van der Waals surface area contributed by atoms with Crippen LogP contribution in [0.4, 0.5) is 11.4 Å². The van der Waals surface area contributed by atoms with Gasteiger partial charge in [-0.05, 0) is 35.6 Å². The fraction of sp³-hybridized carbons (Fsp3) is 0.267. The van der Waals surface area contributed by atoms with Gasteiger partial charge in [0.2, 0.25) is 0 Å². The van der Waals surface area contributed by atoms with Gasteiger partial charge in [0.25, 0.3) is 5.69 Å². The largest absolute Gasteiger partial charge is 0.465 e. The summed E-state index contributed by atoms with van der Waals surface area (Å²) in [7, 11) is 1.22. The van der Waals surface area contributed by atoms with E-state index in [4.69, 9.17) is 0 Å². The molecule has 0 radical (unpaired) electrons. The van der Waals surface area contributed by atoms with Gasteiger partial charge in [0, 0.05) is 29.7 Å². The minimum Gasteiger partial charge on any atom is -0.465 e. The molecule has 114 valence electrons. The molecule has 1 aromatic carbocycles. The van der Waals surface area contributed by atoms with Crippen LogP contribution in [0, 0.1) is 10.1 Å². The number of fused-ring (bicyclic) bond motifs is 1. The number of thiophene rings is 1. The Morgan fingerprint density at radius 3 is 2.95 bits per heavy atom. The number of anilines is 1. The second-order valence-corrected chi connectivity index (χ2v) is 5.99. The lowest BCUT2D eigenvalue weighted by Gasteiger charge is -2.29. The van der Waals surface area contributed by atoms with Crippen LogP contribution in [0.15, 0.2) is 29.6 Å². The SMILES string of the molecule is COC(=O)c1cc(N2CCc3sccc3C2)ccc1[N+](=O)[O-]. The molecule has 0 N–H and O–H groups in total. The first-order chi connectivity index (χ1) is 10.6. The molecule has 0 spiro atoms. The zero-order chi connectivity index (χ0) is 15.7. The predicted octanol–water partition coefficient (Wildman–Crippen LogP) is 3.01. The second kappa shape index (κ2) is 5.76. The number of hydrogen-bond acceptors (Lipinski definition) is 6. The highest BCUT2D eigenvalue weighted by atomic mass is 32.1. The van der Waals surface area contributed by atoms with E-state index in [2.05, 4.69) is 21.1 Å². The third-order valence-corrected chi connectivity index (χ3v) is 4.78. The number of methoxy groups -OCH3 is 1. The van der Waals surface area contributed by atoms with Crippen molar-refractivity contribution in [3.8, 4) is 0 Å². The van der Waals surface area contributed by atoms with Gasteiger partial charge in [-0.1, -0.05) is 0 Å². The van der Waals surface area contributed by atoms with Gasteiger partial charge in [-0.25, -0.2) is 4.79 Å². The number of nitrogens with zero attached hydrogens (tertiary/aromatic N) is 2. The van der Waals surface area contributed by atoms with Crippen LogP contribution in [0.3, 0.4) is 0 Å². The average Bonchev–Trinajstić information content (AvgIpc) is 3.00. The fourth-order valence-corrected chi connectivity index (χ4v) is 3.51. The number of ether oxygens (including phenoxy) is 1. The van der Waals surface area contributed by atoms with Crippen molar-refractivity contribution in [2.75, 3.05) is 18.6 Å². The van der Waals surface area contributed by atoms with Gasteiger partial charge < -0.3 is 9.64 Å². The van der Waals surface area contributed by atoms with Crippen LogP contribution in [-0.4, -0.2) is 24.5 Å². The fourth-order valence-electron chi connectivity index (χ4n) is 2.62. The van der Waals surface area contributed by atoms with E-state index in [1.807, 2.05) is 0 Å². The lowest BCUT2D eigenvalue weighted by atomic mass is 10.1. The topological polar surface area (TPSA) is 72.7 Å². The highest BCUT2D eigenvalue weighted by molar-refractivity contribution is 7.10. The number of nitro groups is 1. The van der Waals surface area contributed by atoms with Crippen LogP contribution in [0.5, 0.6) is 0 Å². The molecule has 6 nitrogen and oxygen atoms in total. The van der Waals surface area contributed by atoms with Crippen molar-refractivity contribution < 1.29 is 14.5 Å². The minimum atomic E-state index is -0.693. The minimum absolute atomic E-state index is 0.0129. The molecule has 0 aliphatic carbocycles. The first-order valence-electron chi connectivity index (χ1n) is 6.77. The van der Waals surface area contributed by atoms with Gasteiger partial charge in [0.05, 0.1) is 12.0 Å². The molecule has 0 fully saturated rings. The highest BCUT2D eigenvalue weighted by Crippen LogP contribution is 2.31. The Labute approximate surface area is 131 Å². The summed E-state index contributed by atoms with van der Waals surface area (Å²) < 4.78 is 4.65. The molecule has 0 unspecified atom stereocenters. The van der Waals surface area contributed by atoms with Gasteiger partial charge in [-0.3, -0.25) is 10.1 Å². The van der Waals surface area contributed by atoms with Gasteiger partial charge in [-0.15, -0.1) is 11.3 Å². The van der Waals surface area contributed by atoms with Crippen LogP contribution >= 0.6 is 11.3 Å². The summed E-state index contributed by atoms with van der Waals surface area (Å²) in [6.07, 6.45) is 0.942. The van der Waals surface area contributed by atoms with Crippen LogP contribution in [0.25, 0.3) is 0 Å². The third-order valence-electron chi connectivity index (χ3n) is 3.75. The van der Waals surface area contributed by atoms with Crippen LogP contribution < -0.4 is 4.90 Å². The van der Waals surface area contributed by atoms with Gasteiger partial charge in [0.1, 0.15) is 5.56 Å². The lowest BCUT2D eigenvalue weighted by molar-refractivity contribution is -0.385. The average molecular weight is 318 g/mol. The molecule has 2 heterocycles. The Morgan fingerprint density at radius 2 is 2.23 bits per heavy atom. The van der Waals surface area contributed by atoms with E-state index in [1.165, 1.54) is 23.6 Å². The summed E-state index contributed by atoms with van der Waals surface area (Å²) in [4.78, 5) is 25.8. The van der Waals surface area contributed by atoms with Crippen molar-refractivity contribution in [1.82, 2.24) is 0 Å². The van der Waals surface area contributed by atoms with Gasteiger partial charge in [0.15, 0.2) is 0 Å². The van der Waals surface area contributed by atoms with Gasteiger partial charge in [-0.2, -0.15) is 0 Å². The molecule has 1 aromatic heterocycles. The van der Waals surface area contributed by atoms with E-state index in [0.29, 0.717) is 0 Å². The van der Waals surface area contributed by atoms with Crippen LogP contribution in [-0.2, 0) is 17.7 Å². The molecule has 0 bridgehead atoms. The molecule has 0 saturated heterocycles. The Balaban J connectivity index is 1.95. The Morgan fingerprint density at radius 1 is 1.41 bits per heavy atom. The summed E-state index contributed by atoms with van der Waals surface area (Å²) in [5, 5.41) is 13.1. The van der Waals surface area contributed by atoms with E-state index in [1.54, 1.807) is 23.5 Å². The lowest BCUT2D eigenvalue weighted by Crippen LogP contribution is -2.29. The first-order valence-corrected chi connectivity index (χ1v) is 7.65. The van der Waals surface area contributed by atoms with Crippen molar-refractivity contribution in [1.29, 1.82) is 0 Å². The Kier molecular flexibility index (Phi) is 3.81. The molecule has 1 aliphatic heterocycles. The summed E-state index contributed by atoms with van der Waals surface area (Å²) in [6, 6.07) is 6.69. The summed E-state index contributed by atoms with van der Waals surface area (Å²) in [6.45, 7) is 1.57. The number of nitro benzene ring substituents is 1. The molecule has 0 amide bonds. The maximum absolute atomic E-state index is 11.8. The molecule has 2 aromatic rings. The quantitative estimate of drug-likeness (QED) is 0.494. The third kappa shape index (κ3) is 2.55. The Bertz CT molecular complexity index is 741. The Hall–Kier alpha value is -2.41. The number of hydrogen-bond donors (Lipinski definition) is 0. The van der Waals surface area contributed by atoms with Crippen molar-refractivity contribution in [2.45, 2.75) is 13.0 Å². The van der Waals surface area contributed by atoms with E-state index in [0.717, 1.165) is 25.2 Å². The number of esters is 1. The van der Waals surface area contributed by atoms with Crippen LogP contribution in [0.1, 0.15) is 20.8 Å². The standard InChI is InChI=1S/C15H14N2O4S/c1-21-15(18)12-8-11(2-3-13(12)17(19)20)16-6-4-14-10(9-16)5-7-22-14/h2-3,5,7-8H,4,6,9H2,1H3. The molecule has 0 saturated carbocycles. The van der Waals surface area contributed by atoms with Gasteiger partial charge >= 0.3 is 5.97 Å². The molecule has 0 atom stereocenters. The maximum Gasteiger partial charge on any atom is 0.344 e. The number of rotatable bonds is 3. The molecule has 3 rings (SSSR count). The summed E-state index contributed by atoms with van der Waals surface area (Å²) in [5.41, 5.74) is 1.82. The maximum atomic E-state index is 11.8. The molecule has 7 heteroatoms. The smallest absolute Gasteiger partial charge is 0.344 e. The predicted molar refractivity (Wildman–Crippen MR) is 83.5 cm³/mol. The molecular weight excluding hydrogens is 304 g/mol. The molecule has 22 heavy (non-hydrogen) atoms. The normalized spacial score (nSPS) is 13.6.